The second-order valence-electron chi connectivity index (χ2n) is 9.52. The Morgan fingerprint density at radius 2 is 2.09 bits per heavy atom. The maximum Gasteiger partial charge on any atom is 0.417 e. The second kappa shape index (κ2) is 10.1. The molecule has 9 nitrogen and oxygen atoms in total. The Hall–Kier alpha value is -2.75. The summed E-state index contributed by atoms with van der Waals surface area (Å²) in [5.41, 5.74) is 0.862. The number of anilines is 2. The standard InChI is InChI=1S/C25H32ClN5O4/c1-25(2,3)35-24(33)31-13-17-21(23(31)32)18(12-27-22(17)26)28-20-7-6-16(15-8-10-34-11-9-15)19(29-20)14-30(4)5/h6-7,12,15H,8-11,13-14H2,1-5H3,(H,28,29)/i4D3,5D3. The van der Waals surface area contributed by atoms with E-state index in [0.717, 1.165) is 10.5 Å². The van der Waals surface area contributed by atoms with Gasteiger partial charge in [-0.25, -0.2) is 19.7 Å². The normalized spacial score (nSPS) is 19.8. The largest absolute Gasteiger partial charge is 0.443 e. The zero-order valence-electron chi connectivity index (χ0n) is 25.9. The van der Waals surface area contributed by atoms with Crippen LogP contribution in [0.15, 0.2) is 18.3 Å². The van der Waals surface area contributed by atoms with E-state index in [1.54, 1.807) is 32.9 Å². The highest BCUT2D eigenvalue weighted by Crippen LogP contribution is 2.36. The van der Waals surface area contributed by atoms with E-state index >= 15 is 0 Å². The molecule has 0 radical (unpaired) electrons. The number of ether oxygens (including phenoxy) is 2. The molecule has 1 saturated heterocycles. The summed E-state index contributed by atoms with van der Waals surface area (Å²) < 4.78 is 57.7. The molecule has 0 aromatic carbocycles. The third-order valence-corrected chi connectivity index (χ3v) is 6.08. The molecule has 1 fully saturated rings. The highest BCUT2D eigenvalue weighted by molar-refractivity contribution is 6.31. The number of amides is 2. The van der Waals surface area contributed by atoms with Crippen LogP contribution in [0.25, 0.3) is 0 Å². The van der Waals surface area contributed by atoms with Gasteiger partial charge in [-0.15, -0.1) is 0 Å². The first-order valence-electron chi connectivity index (χ1n) is 14.3. The van der Waals surface area contributed by atoms with Crippen molar-refractivity contribution < 1.29 is 27.3 Å². The summed E-state index contributed by atoms with van der Waals surface area (Å²) in [7, 11) is 0. The number of halogens is 1. The number of rotatable bonds is 5. The van der Waals surface area contributed by atoms with Crippen LogP contribution in [-0.4, -0.2) is 64.5 Å². The summed E-state index contributed by atoms with van der Waals surface area (Å²) in [5.74, 6) is -0.404. The third-order valence-electron chi connectivity index (χ3n) is 5.76. The zero-order chi connectivity index (χ0) is 30.3. The molecule has 0 atom stereocenters. The van der Waals surface area contributed by atoms with Gasteiger partial charge in [0.15, 0.2) is 0 Å². The zero-order valence-corrected chi connectivity index (χ0v) is 20.6. The smallest absolute Gasteiger partial charge is 0.417 e. The Bertz CT molecular complexity index is 1310. The number of imide groups is 1. The summed E-state index contributed by atoms with van der Waals surface area (Å²) in [4.78, 5) is 36.2. The molecule has 2 aliphatic rings. The molecule has 188 valence electrons. The van der Waals surface area contributed by atoms with Crippen LogP contribution in [0.5, 0.6) is 0 Å². The Morgan fingerprint density at radius 1 is 1.34 bits per heavy atom. The number of nitrogens with zero attached hydrogens (tertiary/aromatic N) is 4. The van der Waals surface area contributed by atoms with Crippen molar-refractivity contribution in [3.63, 3.8) is 0 Å². The van der Waals surface area contributed by atoms with Crippen LogP contribution in [-0.2, 0) is 22.6 Å². The summed E-state index contributed by atoms with van der Waals surface area (Å²) >= 11 is 6.28. The fraction of sp³-hybridized carbons (Fsp3) is 0.520. The minimum absolute atomic E-state index is 0.000706. The summed E-state index contributed by atoms with van der Waals surface area (Å²) in [6.45, 7) is -0.289. The van der Waals surface area contributed by atoms with Gasteiger partial charge in [0.1, 0.15) is 16.6 Å². The Kier molecular flexibility index (Phi) is 5.33. The molecule has 2 aromatic heterocycles. The lowest BCUT2D eigenvalue weighted by Gasteiger charge is -2.25. The molecule has 0 aliphatic carbocycles. The van der Waals surface area contributed by atoms with Crippen molar-refractivity contribution in [2.24, 2.45) is 0 Å². The van der Waals surface area contributed by atoms with Gasteiger partial charge >= 0.3 is 6.09 Å². The molecule has 4 rings (SSSR count). The number of fused-ring (bicyclic) bond motifs is 1. The van der Waals surface area contributed by atoms with E-state index in [4.69, 9.17) is 29.3 Å². The van der Waals surface area contributed by atoms with E-state index in [-0.39, 0.29) is 40.4 Å². The van der Waals surface area contributed by atoms with Crippen molar-refractivity contribution in [2.75, 3.05) is 32.5 Å². The molecule has 0 bridgehead atoms. The summed E-state index contributed by atoms with van der Waals surface area (Å²) in [6.07, 6.45) is 1.86. The molecule has 2 aromatic rings. The van der Waals surface area contributed by atoms with Gasteiger partial charge < -0.3 is 19.7 Å². The molecule has 0 saturated carbocycles. The van der Waals surface area contributed by atoms with Crippen molar-refractivity contribution in [1.82, 2.24) is 19.8 Å². The Balaban J connectivity index is 1.70. The number of pyridine rings is 2. The molecule has 2 aliphatic heterocycles. The average Bonchev–Trinajstić information content (AvgIpc) is 3.21. The number of hydrogen-bond acceptors (Lipinski definition) is 8. The molecule has 0 unspecified atom stereocenters. The van der Waals surface area contributed by atoms with Gasteiger partial charge in [-0.1, -0.05) is 17.7 Å². The van der Waals surface area contributed by atoms with Crippen LogP contribution in [0.4, 0.5) is 16.3 Å². The fourth-order valence-electron chi connectivity index (χ4n) is 4.22. The van der Waals surface area contributed by atoms with E-state index < -0.39 is 38.1 Å². The van der Waals surface area contributed by atoms with Crippen LogP contribution in [0.1, 0.15) is 74.9 Å². The first-order chi connectivity index (χ1) is 19.0. The topological polar surface area (TPSA) is 96.9 Å². The third kappa shape index (κ3) is 5.74. The molecule has 2 amide bonds. The maximum absolute atomic E-state index is 13.3. The SMILES string of the molecule is [2H]C([2H])([2H])N(Cc1nc(Nc2cnc(Cl)c3c2C(=O)N(C(=O)OC(C)(C)C)C3)ccc1C1CCOCC1)C([2H])([2H])[2H]. The van der Waals surface area contributed by atoms with Crippen molar-refractivity contribution >= 4 is 35.1 Å². The van der Waals surface area contributed by atoms with Gasteiger partial charge in [0.2, 0.25) is 0 Å². The van der Waals surface area contributed by atoms with Crippen LogP contribution in [0.2, 0.25) is 5.15 Å². The quantitative estimate of drug-likeness (QED) is 0.580. The van der Waals surface area contributed by atoms with E-state index in [0.29, 0.717) is 36.5 Å². The Morgan fingerprint density at radius 3 is 2.77 bits per heavy atom. The lowest BCUT2D eigenvalue weighted by molar-refractivity contribution is 0.0248. The van der Waals surface area contributed by atoms with Crippen molar-refractivity contribution in [3.05, 3.63) is 45.9 Å². The van der Waals surface area contributed by atoms with Gasteiger partial charge in [-0.3, -0.25) is 4.79 Å². The molecular formula is C25H32ClN5O4. The number of carbonyl (C=O) groups is 2. The van der Waals surface area contributed by atoms with Crippen molar-refractivity contribution in [3.8, 4) is 0 Å². The molecular weight excluding hydrogens is 470 g/mol. The summed E-state index contributed by atoms with van der Waals surface area (Å²) in [6, 6.07) is 3.44. The fourth-order valence-corrected chi connectivity index (χ4v) is 4.42. The van der Waals surface area contributed by atoms with Crippen molar-refractivity contribution in [1.29, 1.82) is 0 Å². The van der Waals surface area contributed by atoms with E-state index in [1.807, 2.05) is 0 Å². The summed E-state index contributed by atoms with van der Waals surface area (Å²) in [5, 5.41) is 3.09. The Labute approximate surface area is 219 Å². The van der Waals surface area contributed by atoms with Crippen LogP contribution in [0, 0.1) is 0 Å². The highest BCUT2D eigenvalue weighted by atomic mass is 35.5. The van der Waals surface area contributed by atoms with Crippen LogP contribution in [0.3, 0.4) is 0 Å². The predicted molar refractivity (Wildman–Crippen MR) is 133 cm³/mol. The first kappa shape index (κ1) is 18.5. The first-order valence-corrected chi connectivity index (χ1v) is 11.7. The highest BCUT2D eigenvalue weighted by Gasteiger charge is 2.38. The molecule has 35 heavy (non-hydrogen) atoms. The second-order valence-corrected chi connectivity index (χ2v) is 9.88. The number of nitrogens with one attached hydrogen (secondary N) is 1. The number of aromatic nitrogens is 2. The number of hydrogen-bond donors (Lipinski definition) is 1. The maximum atomic E-state index is 13.3. The van der Waals surface area contributed by atoms with Gasteiger partial charge in [0, 0.05) is 33.5 Å². The van der Waals surface area contributed by atoms with Crippen LogP contribution >= 0.6 is 11.6 Å². The number of carbonyl (C=O) groups excluding carboxylic acids is 2. The molecule has 4 heterocycles. The van der Waals surface area contributed by atoms with E-state index in [2.05, 4.69) is 15.3 Å². The monoisotopic (exact) mass is 507 g/mol. The van der Waals surface area contributed by atoms with E-state index in [9.17, 15) is 9.59 Å². The van der Waals surface area contributed by atoms with Gasteiger partial charge in [0.05, 0.1) is 29.7 Å². The molecule has 0 spiro atoms. The average molecular weight is 508 g/mol. The van der Waals surface area contributed by atoms with Gasteiger partial charge in [-0.2, -0.15) is 0 Å². The van der Waals surface area contributed by atoms with Gasteiger partial charge in [0.25, 0.3) is 5.91 Å². The lowest BCUT2D eigenvalue weighted by Crippen LogP contribution is -2.37. The van der Waals surface area contributed by atoms with E-state index in [1.165, 1.54) is 6.20 Å². The lowest BCUT2D eigenvalue weighted by atomic mass is 9.90. The molecule has 1 N–H and O–H groups in total. The minimum atomic E-state index is -2.90. The van der Waals surface area contributed by atoms with Crippen LogP contribution < -0.4 is 5.32 Å². The van der Waals surface area contributed by atoms with Crippen molar-refractivity contribution in [2.45, 2.75) is 58.2 Å². The molecule has 10 heteroatoms. The van der Waals surface area contributed by atoms with Gasteiger partial charge in [-0.05, 0) is 65.1 Å². The minimum Gasteiger partial charge on any atom is -0.443 e. The predicted octanol–water partition coefficient (Wildman–Crippen LogP) is 4.72.